The van der Waals surface area contributed by atoms with Gasteiger partial charge in [-0.25, -0.2) is 4.79 Å². The van der Waals surface area contributed by atoms with Crippen LogP contribution in [0, 0.1) is 0 Å². The van der Waals surface area contributed by atoms with Crippen molar-refractivity contribution >= 4 is 40.4 Å². The lowest BCUT2D eigenvalue weighted by atomic mass is 10.3. The van der Waals surface area contributed by atoms with Crippen molar-refractivity contribution in [2.24, 2.45) is 0 Å². The Kier molecular flexibility index (Phi) is 6.18. The summed E-state index contributed by atoms with van der Waals surface area (Å²) in [5.74, 6) is 0.668. The molecule has 9 heteroatoms. The van der Waals surface area contributed by atoms with Crippen LogP contribution in [-0.2, 0) is 0 Å². The summed E-state index contributed by atoms with van der Waals surface area (Å²) in [6, 6.07) is 14.9. The molecule has 26 heavy (non-hydrogen) atoms. The number of carbonyl (C=O) groups is 1. The lowest BCUT2D eigenvalue weighted by Crippen LogP contribution is -2.37. The Hall–Kier alpha value is -2.91. The molecule has 2 heterocycles. The van der Waals surface area contributed by atoms with Crippen LogP contribution in [0.3, 0.4) is 0 Å². The van der Waals surface area contributed by atoms with Gasteiger partial charge in [0.25, 0.3) is 5.88 Å². The molecule has 7 nitrogen and oxygen atoms in total. The molecule has 0 atom stereocenters. The van der Waals surface area contributed by atoms with Gasteiger partial charge in [-0.2, -0.15) is 0 Å². The van der Waals surface area contributed by atoms with E-state index >= 15 is 0 Å². The van der Waals surface area contributed by atoms with E-state index in [1.54, 1.807) is 6.07 Å². The summed E-state index contributed by atoms with van der Waals surface area (Å²) in [5, 5.41) is 14.8. The molecule has 0 aliphatic carbocycles. The van der Waals surface area contributed by atoms with Crippen molar-refractivity contribution in [2.75, 3.05) is 18.4 Å². The lowest BCUT2D eigenvalue weighted by molar-refractivity contribution is 0.196. The molecule has 0 saturated heterocycles. The summed E-state index contributed by atoms with van der Waals surface area (Å²) < 4.78 is 10.2. The van der Waals surface area contributed by atoms with Crippen molar-refractivity contribution in [2.45, 2.75) is 0 Å². The van der Waals surface area contributed by atoms with Gasteiger partial charge in [0.05, 0.1) is 10.9 Å². The second-order valence-electron chi connectivity index (χ2n) is 5.07. The van der Waals surface area contributed by atoms with Crippen molar-refractivity contribution in [3.05, 3.63) is 53.9 Å². The topological polar surface area (TPSA) is 88.4 Å². The van der Waals surface area contributed by atoms with Crippen LogP contribution in [0.2, 0.25) is 0 Å². The third kappa shape index (κ3) is 5.30. The Morgan fingerprint density at radius 2 is 1.96 bits per heavy atom. The molecule has 3 N–H and O–H groups in total. The molecule has 0 aliphatic heterocycles. The molecule has 0 unspecified atom stereocenters. The summed E-state index contributed by atoms with van der Waals surface area (Å²) in [6.07, 6.45) is -0.611. The van der Waals surface area contributed by atoms with Crippen molar-refractivity contribution < 1.29 is 14.1 Å². The smallest absolute Gasteiger partial charge is 0.388 e. The van der Waals surface area contributed by atoms with Gasteiger partial charge in [-0.05, 0) is 41.0 Å². The molecular formula is C17H16N4O3S2. The molecule has 1 amide bonds. The fourth-order valence-electron chi connectivity index (χ4n) is 2.01. The Morgan fingerprint density at radius 1 is 1.15 bits per heavy atom. The molecule has 0 aliphatic rings. The minimum absolute atomic E-state index is 0.111. The highest BCUT2D eigenvalue weighted by molar-refractivity contribution is 7.80. The number of thiophene rings is 1. The molecule has 1 aromatic carbocycles. The summed E-state index contributed by atoms with van der Waals surface area (Å²) in [4.78, 5) is 12.7. The van der Waals surface area contributed by atoms with Crippen molar-refractivity contribution in [3.63, 3.8) is 0 Å². The van der Waals surface area contributed by atoms with Crippen molar-refractivity contribution in [1.82, 2.24) is 15.8 Å². The number of ether oxygens (including phenoxy) is 1. The molecule has 3 rings (SSSR count). The van der Waals surface area contributed by atoms with Gasteiger partial charge in [-0.15, -0.1) is 11.3 Å². The number of hydrogen-bond acceptors (Lipinski definition) is 6. The minimum Gasteiger partial charge on any atom is -0.388 e. The molecule has 0 bridgehead atoms. The zero-order chi connectivity index (χ0) is 18.2. The SMILES string of the molecule is O=C(NCCNC(=S)Nc1ccccc1)Oc1cc(-c2cccs2)on1. The third-order valence-corrected chi connectivity index (χ3v) is 4.29. The van der Waals surface area contributed by atoms with Crippen LogP contribution in [-0.4, -0.2) is 29.5 Å². The van der Waals surface area contributed by atoms with Crippen molar-refractivity contribution in [3.8, 4) is 16.5 Å². The highest BCUT2D eigenvalue weighted by Crippen LogP contribution is 2.27. The second kappa shape index (κ2) is 8.97. The molecule has 0 fully saturated rings. The molecule has 0 saturated carbocycles. The van der Waals surface area contributed by atoms with E-state index in [1.165, 1.54) is 11.3 Å². The fourth-order valence-corrected chi connectivity index (χ4v) is 2.90. The van der Waals surface area contributed by atoms with Gasteiger partial charge in [-0.3, -0.25) is 0 Å². The van der Waals surface area contributed by atoms with Gasteiger partial charge in [-0.1, -0.05) is 24.3 Å². The van der Waals surface area contributed by atoms with Crippen molar-refractivity contribution in [1.29, 1.82) is 0 Å². The van der Waals surface area contributed by atoms with E-state index < -0.39 is 6.09 Å². The van der Waals surface area contributed by atoms with Crippen LogP contribution in [0.15, 0.2) is 58.4 Å². The fraction of sp³-hybridized carbons (Fsp3) is 0.118. The molecule has 2 aromatic heterocycles. The first-order chi connectivity index (χ1) is 12.7. The maximum Gasteiger partial charge on any atom is 0.414 e. The van der Waals surface area contributed by atoms with E-state index in [9.17, 15) is 4.79 Å². The summed E-state index contributed by atoms with van der Waals surface area (Å²) >= 11 is 6.69. The normalized spacial score (nSPS) is 10.2. The maximum atomic E-state index is 11.8. The predicted octanol–water partition coefficient (Wildman–Crippen LogP) is 3.48. The Labute approximate surface area is 159 Å². The molecule has 0 radical (unpaired) electrons. The van der Waals surface area contributed by atoms with Gasteiger partial charge in [0.1, 0.15) is 0 Å². The van der Waals surface area contributed by atoms with E-state index in [1.807, 2.05) is 47.8 Å². The third-order valence-electron chi connectivity index (χ3n) is 3.16. The largest absolute Gasteiger partial charge is 0.414 e. The van der Waals surface area contributed by atoms with Crippen LogP contribution in [0.25, 0.3) is 10.6 Å². The first kappa shape index (κ1) is 17.9. The van der Waals surface area contributed by atoms with Crippen LogP contribution in [0.4, 0.5) is 10.5 Å². The average Bonchev–Trinajstić information content (AvgIpc) is 3.31. The van der Waals surface area contributed by atoms with Crippen LogP contribution in [0.1, 0.15) is 0 Å². The minimum atomic E-state index is -0.611. The first-order valence-corrected chi connectivity index (χ1v) is 9.06. The van der Waals surface area contributed by atoms with E-state index in [0.29, 0.717) is 24.0 Å². The van der Waals surface area contributed by atoms with Crippen LogP contribution >= 0.6 is 23.6 Å². The molecular weight excluding hydrogens is 372 g/mol. The first-order valence-electron chi connectivity index (χ1n) is 7.77. The van der Waals surface area contributed by atoms with Crippen LogP contribution < -0.4 is 20.7 Å². The number of nitrogens with zero attached hydrogens (tertiary/aromatic N) is 1. The molecule has 0 spiro atoms. The van der Waals surface area contributed by atoms with Gasteiger partial charge in [0.15, 0.2) is 10.9 Å². The Balaban J connectivity index is 1.35. The number of benzene rings is 1. The van der Waals surface area contributed by atoms with Crippen LogP contribution in [0.5, 0.6) is 5.88 Å². The summed E-state index contributed by atoms with van der Waals surface area (Å²) in [7, 11) is 0. The number of nitrogens with one attached hydrogen (secondary N) is 3. The Morgan fingerprint density at radius 3 is 2.73 bits per heavy atom. The monoisotopic (exact) mass is 388 g/mol. The number of aromatic nitrogens is 1. The number of amides is 1. The van der Waals surface area contributed by atoms with Gasteiger partial charge in [0, 0.05) is 18.8 Å². The number of hydrogen-bond donors (Lipinski definition) is 3. The van der Waals surface area contributed by atoms with Gasteiger partial charge < -0.3 is 25.2 Å². The number of anilines is 1. The molecule has 134 valence electrons. The maximum absolute atomic E-state index is 11.8. The standard InChI is InChI=1S/C17H16N4O3S2/c22-17(23-15-11-13(24-21-15)14-7-4-10-26-14)19-9-8-18-16(25)20-12-5-2-1-3-6-12/h1-7,10-11H,8-9H2,(H,19,22)(H2,18,20,25). The number of thiocarbonyl (C=S) groups is 1. The van der Waals surface area contributed by atoms with E-state index in [4.69, 9.17) is 21.5 Å². The lowest BCUT2D eigenvalue weighted by Gasteiger charge is -2.10. The highest BCUT2D eigenvalue weighted by atomic mass is 32.1. The second-order valence-corrected chi connectivity index (χ2v) is 6.43. The Bertz CT molecular complexity index is 850. The summed E-state index contributed by atoms with van der Waals surface area (Å²) in [5.41, 5.74) is 0.893. The number of para-hydroxylation sites is 1. The molecule has 3 aromatic rings. The van der Waals surface area contributed by atoms with E-state index in [0.717, 1.165) is 10.6 Å². The zero-order valence-corrected chi connectivity index (χ0v) is 15.2. The van der Waals surface area contributed by atoms with Gasteiger partial charge in [0.2, 0.25) is 0 Å². The predicted molar refractivity (Wildman–Crippen MR) is 105 cm³/mol. The average molecular weight is 388 g/mol. The van der Waals surface area contributed by atoms with E-state index in [2.05, 4.69) is 21.1 Å². The quantitative estimate of drug-likeness (QED) is 0.440. The number of carbonyl (C=O) groups excluding carboxylic acids is 1. The van der Waals surface area contributed by atoms with Gasteiger partial charge >= 0.3 is 6.09 Å². The highest BCUT2D eigenvalue weighted by Gasteiger charge is 2.11. The summed E-state index contributed by atoms with van der Waals surface area (Å²) in [6.45, 7) is 0.790. The van der Waals surface area contributed by atoms with E-state index in [-0.39, 0.29) is 5.88 Å². The number of rotatable bonds is 6. The zero-order valence-electron chi connectivity index (χ0n) is 13.6.